The number of alkyl carbamates (subject to hydrolysis) is 1. The zero-order valence-electron chi connectivity index (χ0n) is 15.7. The molecule has 0 radical (unpaired) electrons. The van der Waals surface area contributed by atoms with Gasteiger partial charge in [0.1, 0.15) is 18.2 Å². The number of benzene rings is 1. The number of carbonyl (C=O) groups is 2. The maximum atomic E-state index is 12.4. The van der Waals surface area contributed by atoms with Gasteiger partial charge in [0.15, 0.2) is 5.76 Å². The van der Waals surface area contributed by atoms with Gasteiger partial charge in [-0.25, -0.2) is 9.59 Å². The number of hydrogen-bond donors (Lipinski definition) is 1. The molecular formula is C21H23NO5. The van der Waals surface area contributed by atoms with Crippen LogP contribution < -0.4 is 5.32 Å². The molecule has 0 aliphatic carbocycles. The number of carbonyl (C=O) groups excluding carboxylic acids is 2. The number of rotatable bonds is 5. The molecule has 0 aliphatic heterocycles. The Labute approximate surface area is 158 Å². The lowest BCUT2D eigenvalue weighted by Crippen LogP contribution is -2.44. The molecule has 1 N–H and O–H groups in total. The van der Waals surface area contributed by atoms with Gasteiger partial charge in [0.2, 0.25) is 0 Å². The van der Waals surface area contributed by atoms with E-state index in [4.69, 9.17) is 13.9 Å². The monoisotopic (exact) mass is 369 g/mol. The Bertz CT molecular complexity index is 795. The molecule has 2 rings (SSSR count). The molecule has 0 spiro atoms. The highest BCUT2D eigenvalue weighted by Crippen LogP contribution is 2.09. The van der Waals surface area contributed by atoms with Crippen LogP contribution in [0.4, 0.5) is 4.79 Å². The van der Waals surface area contributed by atoms with E-state index in [0.717, 1.165) is 5.56 Å². The van der Waals surface area contributed by atoms with Crippen molar-refractivity contribution < 1.29 is 23.5 Å². The Morgan fingerprint density at radius 3 is 2.52 bits per heavy atom. The third-order valence-electron chi connectivity index (χ3n) is 3.24. The molecule has 6 heteroatoms. The average molecular weight is 369 g/mol. The van der Waals surface area contributed by atoms with Crippen molar-refractivity contribution in [1.82, 2.24) is 5.32 Å². The third kappa shape index (κ3) is 7.70. The first-order chi connectivity index (χ1) is 12.8. The van der Waals surface area contributed by atoms with Crippen molar-refractivity contribution in [2.75, 3.05) is 0 Å². The Morgan fingerprint density at radius 2 is 1.89 bits per heavy atom. The van der Waals surface area contributed by atoms with Crippen molar-refractivity contribution in [1.29, 1.82) is 0 Å². The second-order valence-electron chi connectivity index (χ2n) is 6.78. The summed E-state index contributed by atoms with van der Waals surface area (Å²) in [5, 5.41) is 2.52. The molecule has 1 atom stereocenters. The van der Waals surface area contributed by atoms with Crippen molar-refractivity contribution in [3.05, 3.63) is 60.1 Å². The van der Waals surface area contributed by atoms with Gasteiger partial charge in [0.05, 0.1) is 6.26 Å². The lowest BCUT2D eigenvalue weighted by molar-refractivity contribution is -0.147. The first-order valence-corrected chi connectivity index (χ1v) is 8.56. The number of esters is 1. The molecule has 0 aliphatic rings. The fourth-order valence-electron chi connectivity index (χ4n) is 2.06. The summed E-state index contributed by atoms with van der Waals surface area (Å²) in [4.78, 5) is 24.5. The summed E-state index contributed by atoms with van der Waals surface area (Å²) in [6.45, 7) is 5.34. The smallest absolute Gasteiger partial charge is 0.408 e. The minimum Gasteiger partial charge on any atom is -0.459 e. The first-order valence-electron chi connectivity index (χ1n) is 8.56. The molecular weight excluding hydrogens is 346 g/mol. The molecule has 6 nitrogen and oxygen atoms in total. The van der Waals surface area contributed by atoms with Crippen LogP contribution in [0.15, 0.2) is 53.1 Å². The van der Waals surface area contributed by atoms with Crippen LogP contribution in [0.2, 0.25) is 0 Å². The number of ether oxygens (including phenoxy) is 2. The lowest BCUT2D eigenvalue weighted by Gasteiger charge is -2.22. The van der Waals surface area contributed by atoms with Gasteiger partial charge in [-0.2, -0.15) is 0 Å². The van der Waals surface area contributed by atoms with Crippen LogP contribution in [-0.2, 0) is 20.9 Å². The molecule has 0 bridgehead atoms. The summed E-state index contributed by atoms with van der Waals surface area (Å²) in [5.74, 6) is 5.50. The van der Waals surface area contributed by atoms with E-state index >= 15 is 0 Å². The highest BCUT2D eigenvalue weighted by atomic mass is 16.6. The van der Waals surface area contributed by atoms with E-state index in [1.165, 1.54) is 6.26 Å². The minimum atomic E-state index is -0.953. The van der Waals surface area contributed by atoms with Crippen LogP contribution in [0.3, 0.4) is 0 Å². The predicted molar refractivity (Wildman–Crippen MR) is 99.6 cm³/mol. The second-order valence-corrected chi connectivity index (χ2v) is 6.78. The molecule has 0 saturated heterocycles. The number of furan rings is 1. The van der Waals surface area contributed by atoms with Crippen molar-refractivity contribution in [2.45, 2.75) is 45.4 Å². The van der Waals surface area contributed by atoms with Gasteiger partial charge in [-0.1, -0.05) is 36.3 Å². The largest absolute Gasteiger partial charge is 0.459 e. The van der Waals surface area contributed by atoms with Gasteiger partial charge in [-0.3, -0.25) is 0 Å². The van der Waals surface area contributed by atoms with Crippen molar-refractivity contribution in [2.24, 2.45) is 0 Å². The number of hydrogen-bond acceptors (Lipinski definition) is 5. The summed E-state index contributed by atoms with van der Waals surface area (Å²) in [6, 6.07) is 11.8. The van der Waals surface area contributed by atoms with Crippen LogP contribution in [0.5, 0.6) is 0 Å². The number of amides is 1. The molecule has 142 valence electrons. The van der Waals surface area contributed by atoms with Gasteiger partial charge in [-0.05, 0) is 44.4 Å². The van der Waals surface area contributed by atoms with Gasteiger partial charge in [-0.15, -0.1) is 0 Å². The van der Waals surface area contributed by atoms with Gasteiger partial charge >= 0.3 is 12.1 Å². The molecule has 27 heavy (non-hydrogen) atoms. The van der Waals surface area contributed by atoms with Crippen LogP contribution >= 0.6 is 0 Å². The summed E-state index contributed by atoms with van der Waals surface area (Å²) < 4.78 is 15.6. The van der Waals surface area contributed by atoms with Crippen LogP contribution in [0.1, 0.15) is 38.5 Å². The predicted octanol–water partition coefficient (Wildman–Crippen LogP) is 3.66. The fourth-order valence-corrected chi connectivity index (χ4v) is 2.06. The second kappa shape index (κ2) is 9.48. The van der Waals surface area contributed by atoms with Gasteiger partial charge in [0.25, 0.3) is 0 Å². The summed E-state index contributed by atoms with van der Waals surface area (Å²) >= 11 is 0. The van der Waals surface area contributed by atoms with E-state index in [-0.39, 0.29) is 13.0 Å². The maximum Gasteiger partial charge on any atom is 0.408 e. The van der Waals surface area contributed by atoms with E-state index in [9.17, 15) is 9.59 Å². The van der Waals surface area contributed by atoms with E-state index in [2.05, 4.69) is 17.2 Å². The Kier molecular flexibility index (Phi) is 7.07. The highest BCUT2D eigenvalue weighted by molar-refractivity contribution is 5.81. The molecule has 1 heterocycles. The summed E-state index contributed by atoms with van der Waals surface area (Å²) in [7, 11) is 0. The molecule has 0 fully saturated rings. The third-order valence-corrected chi connectivity index (χ3v) is 3.24. The Hall–Kier alpha value is -3.20. The topological polar surface area (TPSA) is 77.8 Å². The molecule has 1 aromatic heterocycles. The lowest BCUT2D eigenvalue weighted by atomic mass is 10.2. The SMILES string of the molecule is CC(C)(C)OC(=O)NC(CC#Cc1ccco1)C(=O)OCc1ccccc1. The zero-order valence-corrected chi connectivity index (χ0v) is 15.7. The highest BCUT2D eigenvalue weighted by Gasteiger charge is 2.25. The molecule has 1 aromatic carbocycles. The van der Waals surface area contributed by atoms with Crippen molar-refractivity contribution in [3.8, 4) is 11.8 Å². The number of nitrogens with one attached hydrogen (secondary N) is 1. The van der Waals surface area contributed by atoms with Crippen molar-refractivity contribution >= 4 is 12.1 Å². The summed E-state index contributed by atoms with van der Waals surface area (Å²) in [6.07, 6.45) is 0.867. The van der Waals surface area contributed by atoms with Gasteiger partial charge < -0.3 is 19.2 Å². The standard InChI is InChI=1S/C21H23NO5/c1-21(2,3)27-20(24)22-18(13-7-11-17-12-8-14-25-17)19(23)26-15-16-9-5-4-6-10-16/h4-6,8-10,12,14,18H,13,15H2,1-3H3,(H,22,24). The van der Waals surface area contributed by atoms with E-state index < -0.39 is 23.7 Å². The van der Waals surface area contributed by atoms with E-state index in [1.54, 1.807) is 32.9 Å². The van der Waals surface area contributed by atoms with Crippen LogP contribution in [0, 0.1) is 11.8 Å². The zero-order chi connectivity index (χ0) is 19.7. The first kappa shape index (κ1) is 20.1. The minimum absolute atomic E-state index is 0.0631. The Morgan fingerprint density at radius 1 is 1.15 bits per heavy atom. The van der Waals surface area contributed by atoms with E-state index in [1.807, 2.05) is 30.3 Å². The van der Waals surface area contributed by atoms with Crippen LogP contribution in [-0.4, -0.2) is 23.7 Å². The van der Waals surface area contributed by atoms with E-state index in [0.29, 0.717) is 5.76 Å². The summed E-state index contributed by atoms with van der Waals surface area (Å²) in [5.41, 5.74) is 0.172. The molecule has 0 saturated carbocycles. The molecule has 2 aromatic rings. The quantitative estimate of drug-likeness (QED) is 0.643. The molecule has 1 amide bonds. The molecule has 1 unspecified atom stereocenters. The van der Waals surface area contributed by atoms with Gasteiger partial charge in [0, 0.05) is 6.42 Å². The Balaban J connectivity index is 2.00. The van der Waals surface area contributed by atoms with Crippen molar-refractivity contribution in [3.63, 3.8) is 0 Å². The maximum absolute atomic E-state index is 12.4. The fraction of sp³-hybridized carbons (Fsp3) is 0.333. The average Bonchev–Trinajstić information content (AvgIpc) is 3.11. The van der Waals surface area contributed by atoms with Crippen LogP contribution in [0.25, 0.3) is 0 Å². The normalized spacial score (nSPS) is 11.7.